The van der Waals surface area contributed by atoms with E-state index in [1.807, 2.05) is 6.07 Å². The number of Topliss-reactive ketones (excluding diaryl/α,β-unsaturated/α-hetero) is 1. The van der Waals surface area contributed by atoms with Crippen LogP contribution in [-0.4, -0.2) is 33.9 Å². The molecule has 3 aromatic carbocycles. The highest BCUT2D eigenvalue weighted by Gasteiger charge is 2.20. The molecule has 0 fully saturated rings. The zero-order valence-corrected chi connectivity index (χ0v) is 19.4. The molecule has 0 spiro atoms. The second kappa shape index (κ2) is 9.58. The SMILES string of the molecule is COc1ccc(Cl)cc1NS(=O)(=O)c1cccc(C(=O)OCC(=O)c2cc3ccccc3o2)c1. The quantitative estimate of drug-likeness (QED) is 0.270. The third kappa shape index (κ3) is 5.05. The van der Waals surface area contributed by atoms with Crippen LogP contribution in [0.5, 0.6) is 5.75 Å². The second-order valence-electron chi connectivity index (χ2n) is 7.13. The van der Waals surface area contributed by atoms with Crippen LogP contribution in [0.1, 0.15) is 20.9 Å². The summed E-state index contributed by atoms with van der Waals surface area (Å²) in [6.45, 7) is -0.562. The van der Waals surface area contributed by atoms with Crippen molar-refractivity contribution in [2.45, 2.75) is 4.90 Å². The van der Waals surface area contributed by atoms with Crippen LogP contribution < -0.4 is 9.46 Å². The Morgan fingerprint density at radius 3 is 2.56 bits per heavy atom. The van der Waals surface area contributed by atoms with E-state index in [0.717, 1.165) is 11.5 Å². The monoisotopic (exact) mass is 499 g/mol. The number of benzene rings is 3. The second-order valence-corrected chi connectivity index (χ2v) is 9.24. The molecule has 10 heteroatoms. The Morgan fingerprint density at radius 2 is 1.79 bits per heavy atom. The lowest BCUT2D eigenvalue weighted by atomic mass is 10.2. The average molecular weight is 500 g/mol. The lowest BCUT2D eigenvalue weighted by Crippen LogP contribution is -2.16. The molecule has 1 heterocycles. The number of anilines is 1. The minimum atomic E-state index is -4.09. The lowest BCUT2D eigenvalue weighted by molar-refractivity contribution is 0.0468. The van der Waals surface area contributed by atoms with Gasteiger partial charge in [-0.25, -0.2) is 13.2 Å². The molecule has 0 aliphatic carbocycles. The smallest absolute Gasteiger partial charge is 0.338 e. The zero-order valence-electron chi connectivity index (χ0n) is 17.8. The van der Waals surface area contributed by atoms with E-state index in [1.165, 1.54) is 37.4 Å². The fourth-order valence-electron chi connectivity index (χ4n) is 3.16. The molecule has 0 radical (unpaired) electrons. The number of hydrogen-bond acceptors (Lipinski definition) is 7. The van der Waals surface area contributed by atoms with E-state index in [2.05, 4.69) is 4.72 Å². The van der Waals surface area contributed by atoms with Crippen molar-refractivity contribution in [1.29, 1.82) is 0 Å². The van der Waals surface area contributed by atoms with Crippen molar-refractivity contribution in [2.75, 3.05) is 18.4 Å². The Labute approximate surface area is 200 Å². The lowest BCUT2D eigenvalue weighted by Gasteiger charge is -2.12. The minimum Gasteiger partial charge on any atom is -0.495 e. The number of methoxy groups -OCH3 is 1. The predicted octanol–water partition coefficient (Wildman–Crippen LogP) is 4.94. The third-order valence-electron chi connectivity index (χ3n) is 4.82. The number of carbonyl (C=O) groups is 2. The highest BCUT2D eigenvalue weighted by Crippen LogP contribution is 2.30. The number of furan rings is 1. The predicted molar refractivity (Wildman–Crippen MR) is 126 cm³/mol. The summed E-state index contributed by atoms with van der Waals surface area (Å²) in [4.78, 5) is 24.7. The first kappa shape index (κ1) is 23.3. The fraction of sp³-hybridized carbons (Fsp3) is 0.0833. The summed E-state index contributed by atoms with van der Waals surface area (Å²) < 4.78 is 43.8. The van der Waals surface area contributed by atoms with Gasteiger partial charge in [-0.2, -0.15) is 0 Å². The minimum absolute atomic E-state index is 0.0432. The maximum atomic E-state index is 12.9. The highest BCUT2D eigenvalue weighted by atomic mass is 35.5. The highest BCUT2D eigenvalue weighted by molar-refractivity contribution is 7.92. The number of sulfonamides is 1. The van der Waals surface area contributed by atoms with Crippen LogP contribution >= 0.6 is 11.6 Å². The van der Waals surface area contributed by atoms with Crippen molar-refractivity contribution in [3.8, 4) is 5.75 Å². The Hall–Kier alpha value is -3.82. The van der Waals surface area contributed by atoms with E-state index in [0.29, 0.717) is 10.6 Å². The van der Waals surface area contributed by atoms with E-state index in [9.17, 15) is 18.0 Å². The van der Waals surface area contributed by atoms with Crippen LogP contribution in [0, 0.1) is 0 Å². The molecule has 0 aliphatic heterocycles. The number of hydrogen-bond donors (Lipinski definition) is 1. The molecule has 1 aromatic heterocycles. The van der Waals surface area contributed by atoms with Crippen molar-refractivity contribution in [2.24, 2.45) is 0 Å². The number of esters is 1. The van der Waals surface area contributed by atoms with Gasteiger partial charge in [0.05, 0.1) is 23.3 Å². The molecule has 0 aliphatic rings. The molecule has 8 nitrogen and oxygen atoms in total. The summed E-state index contributed by atoms with van der Waals surface area (Å²) in [6, 6.07) is 18.4. The first-order chi connectivity index (χ1) is 16.3. The average Bonchev–Trinajstić information content (AvgIpc) is 3.27. The van der Waals surface area contributed by atoms with E-state index in [4.69, 9.17) is 25.5 Å². The van der Waals surface area contributed by atoms with Gasteiger partial charge in [-0.3, -0.25) is 9.52 Å². The molecule has 0 atom stereocenters. The van der Waals surface area contributed by atoms with Gasteiger partial charge in [0.2, 0.25) is 5.78 Å². The summed E-state index contributed by atoms with van der Waals surface area (Å²) >= 11 is 5.96. The van der Waals surface area contributed by atoms with E-state index < -0.39 is 28.4 Å². The summed E-state index contributed by atoms with van der Waals surface area (Å²) in [7, 11) is -2.69. The molecule has 4 rings (SSSR count). The zero-order chi connectivity index (χ0) is 24.3. The summed E-state index contributed by atoms with van der Waals surface area (Å²) in [5, 5.41) is 1.06. The fourth-order valence-corrected chi connectivity index (χ4v) is 4.44. The molecule has 34 heavy (non-hydrogen) atoms. The van der Waals surface area contributed by atoms with Crippen LogP contribution in [0.3, 0.4) is 0 Å². The number of carbonyl (C=O) groups excluding carboxylic acids is 2. The number of para-hydroxylation sites is 1. The number of rotatable bonds is 8. The largest absolute Gasteiger partial charge is 0.495 e. The number of nitrogens with one attached hydrogen (secondary N) is 1. The maximum Gasteiger partial charge on any atom is 0.338 e. The summed E-state index contributed by atoms with van der Waals surface area (Å²) in [5.74, 6) is -1.05. The molecule has 0 unspecified atom stereocenters. The van der Waals surface area contributed by atoms with Crippen LogP contribution in [0.4, 0.5) is 5.69 Å². The van der Waals surface area contributed by atoms with E-state index in [-0.39, 0.29) is 27.7 Å². The molecule has 0 saturated carbocycles. The van der Waals surface area contributed by atoms with Crippen molar-refractivity contribution >= 4 is 50.0 Å². The Balaban J connectivity index is 1.47. The van der Waals surface area contributed by atoms with Gasteiger partial charge in [-0.05, 0) is 48.5 Å². The molecule has 0 amide bonds. The molecule has 4 aromatic rings. The van der Waals surface area contributed by atoms with Crippen LogP contribution in [0.2, 0.25) is 5.02 Å². The van der Waals surface area contributed by atoms with Gasteiger partial charge in [0.1, 0.15) is 11.3 Å². The van der Waals surface area contributed by atoms with E-state index >= 15 is 0 Å². The van der Waals surface area contributed by atoms with Gasteiger partial charge in [0.25, 0.3) is 10.0 Å². The van der Waals surface area contributed by atoms with Crippen molar-refractivity contribution in [1.82, 2.24) is 0 Å². The van der Waals surface area contributed by atoms with Gasteiger partial charge in [-0.1, -0.05) is 35.9 Å². The number of ketones is 1. The first-order valence-corrected chi connectivity index (χ1v) is 11.8. The molecular weight excluding hydrogens is 482 g/mol. The molecule has 0 saturated heterocycles. The van der Waals surface area contributed by atoms with Gasteiger partial charge < -0.3 is 13.9 Å². The topological polar surface area (TPSA) is 112 Å². The molecular formula is C24H18ClNO7S. The number of halogens is 1. The van der Waals surface area contributed by atoms with Gasteiger partial charge >= 0.3 is 5.97 Å². The number of fused-ring (bicyclic) bond motifs is 1. The summed E-state index contributed by atoms with van der Waals surface area (Å²) in [5.41, 5.74) is 0.636. The Bertz CT molecular complexity index is 1460. The van der Waals surface area contributed by atoms with E-state index in [1.54, 1.807) is 30.3 Å². The van der Waals surface area contributed by atoms with Crippen molar-refractivity contribution in [3.63, 3.8) is 0 Å². The third-order valence-corrected chi connectivity index (χ3v) is 6.42. The number of ether oxygens (including phenoxy) is 2. The first-order valence-electron chi connectivity index (χ1n) is 9.92. The van der Waals surface area contributed by atoms with Gasteiger partial charge in [0, 0.05) is 10.4 Å². The van der Waals surface area contributed by atoms with Crippen molar-refractivity contribution < 1.29 is 31.9 Å². The molecule has 0 bridgehead atoms. The molecule has 174 valence electrons. The van der Waals surface area contributed by atoms with Gasteiger partial charge in [-0.15, -0.1) is 0 Å². The Morgan fingerprint density at radius 1 is 1.00 bits per heavy atom. The summed E-state index contributed by atoms with van der Waals surface area (Å²) in [6.07, 6.45) is 0. The standard InChI is InChI=1S/C24H18ClNO7S/c1-31-22-10-9-17(25)13-19(22)26-34(29,30)18-7-4-6-16(11-18)24(28)32-14-20(27)23-12-15-5-2-3-8-21(15)33-23/h2-13,26H,14H2,1H3. The van der Waals surface area contributed by atoms with Crippen LogP contribution in [0.25, 0.3) is 11.0 Å². The van der Waals surface area contributed by atoms with Crippen LogP contribution in [-0.2, 0) is 14.8 Å². The van der Waals surface area contributed by atoms with Crippen molar-refractivity contribution in [3.05, 3.63) is 89.1 Å². The maximum absolute atomic E-state index is 12.9. The molecule has 1 N–H and O–H groups in total. The normalized spacial score (nSPS) is 11.2. The van der Waals surface area contributed by atoms with Crippen LogP contribution in [0.15, 0.2) is 82.1 Å². The van der Waals surface area contributed by atoms with Gasteiger partial charge in [0.15, 0.2) is 12.4 Å². The Kier molecular flexibility index (Phi) is 6.58.